The minimum absolute atomic E-state index is 0.177. The highest BCUT2D eigenvalue weighted by Gasteiger charge is 2.09. The van der Waals surface area contributed by atoms with Gasteiger partial charge in [0, 0.05) is 13.0 Å². The molecular weight excluding hydrogens is 324 g/mol. The quantitative estimate of drug-likeness (QED) is 0.426. The number of thiocarbonyl (C=S) groups is 1. The summed E-state index contributed by atoms with van der Waals surface area (Å²) in [5.74, 6) is -0.535. The predicted molar refractivity (Wildman–Crippen MR) is 90.4 cm³/mol. The molecule has 0 aliphatic carbocycles. The van der Waals surface area contributed by atoms with Crippen LogP contribution in [-0.2, 0) is 14.3 Å². The summed E-state index contributed by atoms with van der Waals surface area (Å²) in [6, 6.07) is 3.47. The number of carbonyl (C=O) groups is 2. The maximum atomic E-state index is 11.3. The molecule has 0 atom stereocenters. The fourth-order valence-electron chi connectivity index (χ4n) is 1.65. The second-order valence-electron chi connectivity index (χ2n) is 4.42. The zero-order chi connectivity index (χ0) is 16.4. The third kappa shape index (κ3) is 6.86. The molecule has 0 aromatic carbocycles. The number of carbonyl (C=O) groups excluding carboxylic acids is 2. The van der Waals surface area contributed by atoms with Gasteiger partial charge in [-0.3, -0.25) is 4.79 Å². The van der Waals surface area contributed by atoms with Gasteiger partial charge >= 0.3 is 11.9 Å². The van der Waals surface area contributed by atoms with Crippen molar-refractivity contribution in [3.8, 4) is 0 Å². The first kappa shape index (κ1) is 18.4. The van der Waals surface area contributed by atoms with Crippen LogP contribution in [0.5, 0.6) is 0 Å². The fraction of sp³-hybridized carbons (Fsp3) is 0.500. The molecule has 0 saturated heterocycles. The molecule has 0 fully saturated rings. The molecule has 0 radical (unpaired) electrons. The van der Waals surface area contributed by atoms with E-state index in [-0.39, 0.29) is 11.9 Å². The van der Waals surface area contributed by atoms with E-state index >= 15 is 0 Å². The Morgan fingerprint density at radius 2 is 1.95 bits per heavy atom. The Morgan fingerprint density at radius 3 is 2.64 bits per heavy atom. The van der Waals surface area contributed by atoms with Crippen LogP contribution in [0.1, 0.15) is 35.4 Å². The third-order valence-corrected chi connectivity index (χ3v) is 4.03. The Hall–Kier alpha value is -1.67. The van der Waals surface area contributed by atoms with Gasteiger partial charge in [0.1, 0.15) is 4.88 Å². The van der Waals surface area contributed by atoms with E-state index in [9.17, 15) is 9.59 Å². The average Bonchev–Trinajstić information content (AvgIpc) is 2.97. The monoisotopic (exact) mass is 344 g/mol. The van der Waals surface area contributed by atoms with Crippen molar-refractivity contribution in [1.82, 2.24) is 5.32 Å². The first-order valence-corrected chi connectivity index (χ1v) is 8.09. The summed E-state index contributed by atoms with van der Waals surface area (Å²) >= 11 is 6.45. The first-order chi connectivity index (χ1) is 10.6. The van der Waals surface area contributed by atoms with Crippen molar-refractivity contribution in [2.75, 3.05) is 26.1 Å². The van der Waals surface area contributed by atoms with Crippen LogP contribution in [-0.4, -0.2) is 37.8 Å². The number of methoxy groups -OCH3 is 2. The fourth-order valence-corrected chi connectivity index (χ4v) is 2.75. The van der Waals surface area contributed by atoms with Gasteiger partial charge in [0.15, 0.2) is 5.11 Å². The molecule has 22 heavy (non-hydrogen) atoms. The van der Waals surface area contributed by atoms with E-state index < -0.39 is 0 Å². The van der Waals surface area contributed by atoms with Crippen molar-refractivity contribution in [2.24, 2.45) is 0 Å². The number of esters is 2. The number of hydrogen-bond donors (Lipinski definition) is 2. The molecule has 6 nitrogen and oxygen atoms in total. The van der Waals surface area contributed by atoms with E-state index in [2.05, 4.69) is 20.1 Å². The Kier molecular flexibility index (Phi) is 8.46. The number of thiophene rings is 1. The zero-order valence-electron chi connectivity index (χ0n) is 12.6. The minimum atomic E-state index is -0.359. The maximum Gasteiger partial charge on any atom is 0.348 e. The standard InChI is InChI=1S/C14H20N2O4S2/c1-19-12(17)6-4-3-5-9-15-14(21)16-11-8-7-10(22-11)13(18)20-2/h7-8H,3-6,9H2,1-2H3,(H2,15,16,21). The molecule has 1 heterocycles. The molecule has 0 unspecified atom stereocenters. The van der Waals surface area contributed by atoms with Crippen LogP contribution in [0, 0.1) is 0 Å². The number of nitrogens with one attached hydrogen (secondary N) is 2. The van der Waals surface area contributed by atoms with E-state index in [1.807, 2.05) is 0 Å². The molecule has 0 saturated carbocycles. The molecule has 0 aliphatic rings. The zero-order valence-corrected chi connectivity index (χ0v) is 14.3. The molecule has 2 N–H and O–H groups in total. The molecule has 1 aromatic heterocycles. The highest BCUT2D eigenvalue weighted by atomic mass is 32.1. The van der Waals surface area contributed by atoms with Gasteiger partial charge in [-0.1, -0.05) is 6.42 Å². The third-order valence-electron chi connectivity index (χ3n) is 2.80. The van der Waals surface area contributed by atoms with Crippen molar-refractivity contribution >= 4 is 45.6 Å². The van der Waals surface area contributed by atoms with E-state index in [0.29, 0.717) is 16.4 Å². The minimum Gasteiger partial charge on any atom is -0.469 e. The highest BCUT2D eigenvalue weighted by Crippen LogP contribution is 2.22. The van der Waals surface area contributed by atoms with Crippen LogP contribution in [0.3, 0.4) is 0 Å². The van der Waals surface area contributed by atoms with E-state index in [0.717, 1.165) is 30.8 Å². The summed E-state index contributed by atoms with van der Waals surface area (Å²) in [6.45, 7) is 0.724. The largest absolute Gasteiger partial charge is 0.469 e. The van der Waals surface area contributed by atoms with Crippen molar-refractivity contribution in [1.29, 1.82) is 0 Å². The normalized spacial score (nSPS) is 9.91. The number of hydrogen-bond acceptors (Lipinski definition) is 6. The van der Waals surface area contributed by atoms with Gasteiger partial charge in [0.05, 0.1) is 19.2 Å². The van der Waals surface area contributed by atoms with Crippen molar-refractivity contribution < 1.29 is 19.1 Å². The van der Waals surface area contributed by atoms with Gasteiger partial charge in [-0.25, -0.2) is 4.79 Å². The lowest BCUT2D eigenvalue weighted by Crippen LogP contribution is -2.28. The van der Waals surface area contributed by atoms with Gasteiger partial charge in [-0.2, -0.15) is 0 Å². The summed E-state index contributed by atoms with van der Waals surface area (Å²) in [6.07, 6.45) is 3.10. The number of ether oxygens (including phenoxy) is 2. The van der Waals surface area contributed by atoms with Crippen molar-refractivity contribution in [2.45, 2.75) is 25.7 Å². The molecule has 0 amide bonds. The molecule has 0 bridgehead atoms. The lowest BCUT2D eigenvalue weighted by Gasteiger charge is -2.08. The molecule has 1 aromatic rings. The van der Waals surface area contributed by atoms with Crippen LogP contribution in [0.4, 0.5) is 5.00 Å². The Bertz CT molecular complexity index is 517. The molecule has 0 spiro atoms. The van der Waals surface area contributed by atoms with Crippen molar-refractivity contribution in [3.05, 3.63) is 17.0 Å². The van der Waals surface area contributed by atoms with E-state index in [1.165, 1.54) is 25.6 Å². The van der Waals surface area contributed by atoms with Crippen LogP contribution >= 0.6 is 23.6 Å². The summed E-state index contributed by atoms with van der Waals surface area (Å²) < 4.78 is 9.22. The average molecular weight is 344 g/mol. The van der Waals surface area contributed by atoms with Gasteiger partial charge in [0.2, 0.25) is 0 Å². The van der Waals surface area contributed by atoms with Crippen molar-refractivity contribution in [3.63, 3.8) is 0 Å². The predicted octanol–water partition coefficient (Wildman–Crippen LogP) is 2.55. The van der Waals surface area contributed by atoms with E-state index in [4.69, 9.17) is 12.2 Å². The lowest BCUT2D eigenvalue weighted by molar-refractivity contribution is -0.140. The number of rotatable bonds is 8. The van der Waals surface area contributed by atoms with Gasteiger partial charge < -0.3 is 20.1 Å². The van der Waals surface area contributed by atoms with Crippen LogP contribution < -0.4 is 10.6 Å². The second-order valence-corrected chi connectivity index (χ2v) is 5.92. The lowest BCUT2D eigenvalue weighted by atomic mass is 10.2. The van der Waals surface area contributed by atoms with Gasteiger partial charge in [0.25, 0.3) is 0 Å². The molecule has 0 aliphatic heterocycles. The topological polar surface area (TPSA) is 76.7 Å². The molecule has 1 rings (SSSR count). The van der Waals surface area contributed by atoms with Crippen LogP contribution in [0.25, 0.3) is 0 Å². The molecular formula is C14H20N2O4S2. The molecule has 122 valence electrons. The van der Waals surface area contributed by atoms with E-state index in [1.54, 1.807) is 12.1 Å². The summed E-state index contributed by atoms with van der Waals surface area (Å²) in [4.78, 5) is 22.8. The van der Waals surface area contributed by atoms with Crippen LogP contribution in [0.2, 0.25) is 0 Å². The van der Waals surface area contributed by atoms with Gasteiger partial charge in [-0.15, -0.1) is 11.3 Å². The maximum absolute atomic E-state index is 11.3. The summed E-state index contributed by atoms with van der Waals surface area (Å²) in [5, 5.41) is 7.38. The van der Waals surface area contributed by atoms with Crippen LogP contribution in [0.15, 0.2) is 12.1 Å². The Labute approximate surface area is 139 Å². The summed E-state index contributed by atoms with van der Waals surface area (Å²) in [7, 11) is 2.74. The Morgan fingerprint density at radius 1 is 1.18 bits per heavy atom. The smallest absolute Gasteiger partial charge is 0.348 e. The van der Waals surface area contributed by atoms with Gasteiger partial charge in [-0.05, 0) is 37.2 Å². The highest BCUT2D eigenvalue weighted by molar-refractivity contribution is 7.80. The Balaban J connectivity index is 2.17. The second kappa shape index (κ2) is 10.1. The first-order valence-electron chi connectivity index (χ1n) is 6.86. The number of anilines is 1. The molecule has 8 heteroatoms. The summed E-state index contributed by atoms with van der Waals surface area (Å²) in [5.41, 5.74) is 0. The number of unbranched alkanes of at least 4 members (excludes halogenated alkanes) is 2. The SMILES string of the molecule is COC(=O)CCCCCNC(=S)Nc1ccc(C(=O)OC)s1.